The molecule has 1 atom stereocenters. The molecule has 0 aliphatic heterocycles. The first kappa shape index (κ1) is 13.4. The SMILES string of the molecule is COc1cccc(C(C)(N)Cc2cccc(O)c2)c1. The van der Waals surface area contributed by atoms with Crippen LogP contribution in [0, 0.1) is 0 Å². The molecular formula is C16H19NO2. The number of hydrogen-bond acceptors (Lipinski definition) is 3. The Morgan fingerprint density at radius 1 is 1.16 bits per heavy atom. The van der Waals surface area contributed by atoms with E-state index >= 15 is 0 Å². The Morgan fingerprint density at radius 2 is 1.89 bits per heavy atom. The van der Waals surface area contributed by atoms with Crippen LogP contribution in [-0.2, 0) is 12.0 Å². The minimum atomic E-state index is -0.512. The lowest BCUT2D eigenvalue weighted by Gasteiger charge is -2.26. The van der Waals surface area contributed by atoms with Gasteiger partial charge in [0, 0.05) is 5.54 Å². The minimum absolute atomic E-state index is 0.263. The fourth-order valence-corrected chi connectivity index (χ4v) is 2.17. The van der Waals surface area contributed by atoms with E-state index in [1.165, 1.54) is 0 Å². The van der Waals surface area contributed by atoms with Gasteiger partial charge >= 0.3 is 0 Å². The normalized spacial score (nSPS) is 13.8. The first-order chi connectivity index (χ1) is 9.01. The summed E-state index contributed by atoms with van der Waals surface area (Å²) < 4.78 is 5.22. The molecule has 0 aliphatic rings. The highest BCUT2D eigenvalue weighted by atomic mass is 16.5. The maximum atomic E-state index is 9.50. The fraction of sp³-hybridized carbons (Fsp3) is 0.250. The van der Waals surface area contributed by atoms with Crippen LogP contribution >= 0.6 is 0 Å². The number of aromatic hydroxyl groups is 1. The van der Waals surface area contributed by atoms with Gasteiger partial charge in [-0.1, -0.05) is 24.3 Å². The highest BCUT2D eigenvalue weighted by Gasteiger charge is 2.22. The minimum Gasteiger partial charge on any atom is -0.508 e. The van der Waals surface area contributed by atoms with E-state index in [1.807, 2.05) is 43.3 Å². The average molecular weight is 257 g/mol. The molecule has 100 valence electrons. The molecule has 1 unspecified atom stereocenters. The predicted molar refractivity (Wildman–Crippen MR) is 76.3 cm³/mol. The summed E-state index contributed by atoms with van der Waals surface area (Å²) in [4.78, 5) is 0. The third kappa shape index (κ3) is 3.26. The molecule has 0 heterocycles. The van der Waals surface area contributed by atoms with Crippen LogP contribution in [0.15, 0.2) is 48.5 Å². The van der Waals surface area contributed by atoms with Crippen LogP contribution in [0.2, 0.25) is 0 Å². The lowest BCUT2D eigenvalue weighted by Crippen LogP contribution is -2.35. The first-order valence-corrected chi connectivity index (χ1v) is 6.22. The molecule has 19 heavy (non-hydrogen) atoms. The number of ether oxygens (including phenoxy) is 1. The maximum Gasteiger partial charge on any atom is 0.119 e. The largest absolute Gasteiger partial charge is 0.508 e. The Labute approximate surface area is 113 Å². The third-order valence-corrected chi connectivity index (χ3v) is 3.21. The molecule has 0 fully saturated rings. The van der Waals surface area contributed by atoms with Crippen molar-refractivity contribution in [3.63, 3.8) is 0 Å². The smallest absolute Gasteiger partial charge is 0.119 e. The maximum absolute atomic E-state index is 9.50. The van der Waals surface area contributed by atoms with Crippen LogP contribution < -0.4 is 10.5 Å². The van der Waals surface area contributed by atoms with E-state index in [0.29, 0.717) is 6.42 Å². The summed E-state index contributed by atoms with van der Waals surface area (Å²) >= 11 is 0. The van der Waals surface area contributed by atoms with Gasteiger partial charge in [0.1, 0.15) is 11.5 Å². The van der Waals surface area contributed by atoms with E-state index in [2.05, 4.69) is 0 Å². The topological polar surface area (TPSA) is 55.5 Å². The number of phenolic OH excluding ortho intramolecular Hbond substituents is 1. The second-order valence-corrected chi connectivity index (χ2v) is 5.00. The summed E-state index contributed by atoms with van der Waals surface area (Å²) in [5, 5.41) is 9.50. The van der Waals surface area contributed by atoms with E-state index in [4.69, 9.17) is 10.5 Å². The van der Waals surface area contributed by atoms with Crippen molar-refractivity contribution in [2.45, 2.75) is 18.9 Å². The summed E-state index contributed by atoms with van der Waals surface area (Å²) in [6.45, 7) is 1.98. The molecule has 0 aliphatic carbocycles. The predicted octanol–water partition coefficient (Wildman–Crippen LogP) is 2.82. The van der Waals surface area contributed by atoms with E-state index in [-0.39, 0.29) is 5.75 Å². The zero-order chi connectivity index (χ0) is 13.9. The second kappa shape index (κ2) is 5.33. The van der Waals surface area contributed by atoms with Gasteiger partial charge in [-0.25, -0.2) is 0 Å². The molecule has 0 saturated heterocycles. The molecular weight excluding hydrogens is 238 g/mol. The number of phenols is 1. The highest BCUT2D eigenvalue weighted by Crippen LogP contribution is 2.26. The summed E-state index contributed by atoms with van der Waals surface area (Å²) in [5.74, 6) is 1.06. The van der Waals surface area contributed by atoms with Gasteiger partial charge in [0.05, 0.1) is 7.11 Å². The summed E-state index contributed by atoms with van der Waals surface area (Å²) in [7, 11) is 1.64. The summed E-state index contributed by atoms with van der Waals surface area (Å²) in [6.07, 6.45) is 0.647. The van der Waals surface area contributed by atoms with Crippen LogP contribution in [0.3, 0.4) is 0 Å². The number of hydrogen-bond donors (Lipinski definition) is 2. The van der Waals surface area contributed by atoms with Crippen LogP contribution in [-0.4, -0.2) is 12.2 Å². The van der Waals surface area contributed by atoms with E-state index < -0.39 is 5.54 Å². The molecule has 0 spiro atoms. The number of rotatable bonds is 4. The Morgan fingerprint density at radius 3 is 2.58 bits per heavy atom. The number of nitrogens with two attached hydrogens (primary N) is 1. The van der Waals surface area contributed by atoms with Crippen molar-refractivity contribution in [2.24, 2.45) is 5.73 Å². The Bertz CT molecular complexity index is 564. The third-order valence-electron chi connectivity index (χ3n) is 3.21. The molecule has 0 radical (unpaired) electrons. The average Bonchev–Trinajstić information content (AvgIpc) is 2.38. The van der Waals surface area contributed by atoms with Crippen molar-refractivity contribution in [3.05, 3.63) is 59.7 Å². The standard InChI is InChI=1S/C16H19NO2/c1-16(17,11-12-5-3-7-14(18)9-12)13-6-4-8-15(10-13)19-2/h3-10,18H,11,17H2,1-2H3. The quantitative estimate of drug-likeness (QED) is 0.885. The van der Waals surface area contributed by atoms with Crippen molar-refractivity contribution in [1.29, 1.82) is 0 Å². The van der Waals surface area contributed by atoms with Crippen molar-refractivity contribution in [3.8, 4) is 11.5 Å². The number of methoxy groups -OCH3 is 1. The zero-order valence-electron chi connectivity index (χ0n) is 11.3. The molecule has 0 aromatic heterocycles. The molecule has 0 saturated carbocycles. The lowest BCUT2D eigenvalue weighted by atomic mass is 9.86. The van der Waals surface area contributed by atoms with Crippen LogP contribution in [0.25, 0.3) is 0 Å². The van der Waals surface area contributed by atoms with Crippen molar-refractivity contribution < 1.29 is 9.84 Å². The summed E-state index contributed by atoms with van der Waals surface area (Å²) in [5.41, 5.74) is 7.91. The van der Waals surface area contributed by atoms with Gasteiger partial charge in [-0.2, -0.15) is 0 Å². The van der Waals surface area contributed by atoms with Crippen molar-refractivity contribution in [2.75, 3.05) is 7.11 Å². The van der Waals surface area contributed by atoms with Gasteiger partial charge in [0.25, 0.3) is 0 Å². The van der Waals surface area contributed by atoms with Gasteiger partial charge < -0.3 is 15.6 Å². The van der Waals surface area contributed by atoms with E-state index in [1.54, 1.807) is 19.2 Å². The second-order valence-electron chi connectivity index (χ2n) is 5.00. The van der Waals surface area contributed by atoms with Gasteiger partial charge in [-0.15, -0.1) is 0 Å². The fourth-order valence-electron chi connectivity index (χ4n) is 2.17. The lowest BCUT2D eigenvalue weighted by molar-refractivity contribution is 0.410. The monoisotopic (exact) mass is 257 g/mol. The van der Waals surface area contributed by atoms with E-state index in [0.717, 1.165) is 16.9 Å². The molecule has 2 rings (SSSR count). The Hall–Kier alpha value is -2.00. The molecule has 2 aromatic rings. The van der Waals surface area contributed by atoms with E-state index in [9.17, 15) is 5.11 Å². The number of benzene rings is 2. The molecule has 2 aromatic carbocycles. The molecule has 0 amide bonds. The van der Waals surface area contributed by atoms with Crippen molar-refractivity contribution >= 4 is 0 Å². The van der Waals surface area contributed by atoms with Gasteiger partial charge in [0.2, 0.25) is 0 Å². The van der Waals surface area contributed by atoms with Gasteiger partial charge in [-0.05, 0) is 48.7 Å². The summed E-state index contributed by atoms with van der Waals surface area (Å²) in [6, 6.07) is 15.0. The van der Waals surface area contributed by atoms with Crippen LogP contribution in [0.1, 0.15) is 18.1 Å². The van der Waals surface area contributed by atoms with Crippen LogP contribution in [0.5, 0.6) is 11.5 Å². The zero-order valence-corrected chi connectivity index (χ0v) is 11.3. The van der Waals surface area contributed by atoms with Gasteiger partial charge in [0.15, 0.2) is 0 Å². The molecule has 3 heteroatoms. The Balaban J connectivity index is 2.26. The molecule has 0 bridgehead atoms. The molecule has 3 N–H and O–H groups in total. The highest BCUT2D eigenvalue weighted by molar-refractivity contribution is 5.35. The first-order valence-electron chi connectivity index (χ1n) is 6.22. The Kier molecular flexibility index (Phi) is 3.76. The van der Waals surface area contributed by atoms with Gasteiger partial charge in [-0.3, -0.25) is 0 Å². The molecule has 3 nitrogen and oxygen atoms in total. The van der Waals surface area contributed by atoms with Crippen LogP contribution in [0.4, 0.5) is 0 Å². The van der Waals surface area contributed by atoms with Crippen molar-refractivity contribution in [1.82, 2.24) is 0 Å².